The molecule has 0 radical (unpaired) electrons. The summed E-state index contributed by atoms with van der Waals surface area (Å²) in [6.07, 6.45) is 2.11. The van der Waals surface area contributed by atoms with Gasteiger partial charge in [0, 0.05) is 38.4 Å². The molecule has 0 saturated carbocycles. The molecule has 1 aromatic rings. The molecule has 6 nitrogen and oxygen atoms in total. The Morgan fingerprint density at radius 1 is 1.69 bits per heavy atom. The van der Waals surface area contributed by atoms with Crippen LogP contribution in [-0.4, -0.2) is 46.5 Å². The zero-order valence-electron chi connectivity index (χ0n) is 9.30. The number of nitrogens with zero attached hydrogens (tertiary/aromatic N) is 3. The number of amides is 1. The third-order valence-electron chi connectivity index (χ3n) is 2.77. The molecule has 2 heterocycles. The van der Waals surface area contributed by atoms with Gasteiger partial charge in [-0.1, -0.05) is 0 Å². The van der Waals surface area contributed by atoms with Gasteiger partial charge in [0.05, 0.1) is 6.54 Å². The lowest BCUT2D eigenvalue weighted by molar-refractivity contribution is 0.135. The van der Waals surface area contributed by atoms with Crippen LogP contribution in [0.4, 0.5) is 4.79 Å². The fraction of sp³-hybridized carbons (Fsp3) is 0.600. The summed E-state index contributed by atoms with van der Waals surface area (Å²) < 4.78 is 6.87. The number of ether oxygens (including phenoxy) is 1. The fourth-order valence-corrected chi connectivity index (χ4v) is 1.78. The van der Waals surface area contributed by atoms with Gasteiger partial charge in [0.1, 0.15) is 6.10 Å². The van der Waals surface area contributed by atoms with Crippen molar-refractivity contribution in [2.24, 2.45) is 12.8 Å². The largest absolute Gasteiger partial charge is 0.443 e. The second-order valence-corrected chi connectivity index (χ2v) is 3.88. The van der Waals surface area contributed by atoms with Gasteiger partial charge in [0.25, 0.3) is 0 Å². The molecule has 2 N–H and O–H groups in total. The second kappa shape index (κ2) is 4.52. The quantitative estimate of drug-likeness (QED) is 0.765. The van der Waals surface area contributed by atoms with Crippen molar-refractivity contribution in [1.29, 1.82) is 0 Å². The molecule has 88 valence electrons. The molecule has 1 amide bonds. The third kappa shape index (κ3) is 2.16. The maximum Gasteiger partial charge on any atom is 0.410 e. The highest BCUT2D eigenvalue weighted by atomic mass is 16.6. The maximum absolute atomic E-state index is 11.4. The Labute approximate surface area is 94.0 Å². The zero-order valence-corrected chi connectivity index (χ0v) is 9.30. The van der Waals surface area contributed by atoms with E-state index in [1.807, 2.05) is 17.8 Å². The SMILES string of the molecule is Cn1nccc1CCN1CC(CN)OC1=O. The fourth-order valence-electron chi connectivity index (χ4n) is 1.78. The summed E-state index contributed by atoms with van der Waals surface area (Å²) in [5, 5.41) is 4.07. The Morgan fingerprint density at radius 3 is 3.06 bits per heavy atom. The van der Waals surface area contributed by atoms with Crippen molar-refractivity contribution in [3.05, 3.63) is 18.0 Å². The average molecular weight is 224 g/mol. The van der Waals surface area contributed by atoms with Gasteiger partial charge >= 0.3 is 6.09 Å². The van der Waals surface area contributed by atoms with Crippen molar-refractivity contribution in [3.8, 4) is 0 Å². The van der Waals surface area contributed by atoms with E-state index in [-0.39, 0.29) is 12.2 Å². The van der Waals surface area contributed by atoms with Crippen LogP contribution in [0.5, 0.6) is 0 Å². The number of hydrogen-bond donors (Lipinski definition) is 1. The first-order valence-corrected chi connectivity index (χ1v) is 5.33. The standard InChI is InChI=1S/C10H16N4O2/c1-13-8(2-4-12-13)3-5-14-7-9(6-11)16-10(14)15/h2,4,9H,3,5-7,11H2,1H3. The van der Waals surface area contributed by atoms with Crippen LogP contribution < -0.4 is 5.73 Å². The van der Waals surface area contributed by atoms with Crippen LogP contribution in [0.15, 0.2) is 12.3 Å². The smallest absolute Gasteiger partial charge is 0.410 e. The van der Waals surface area contributed by atoms with Crippen LogP contribution in [0, 0.1) is 0 Å². The number of cyclic esters (lactones) is 1. The molecular weight excluding hydrogens is 208 g/mol. The zero-order chi connectivity index (χ0) is 11.5. The van der Waals surface area contributed by atoms with Crippen molar-refractivity contribution in [3.63, 3.8) is 0 Å². The normalized spacial score (nSPS) is 20.2. The Morgan fingerprint density at radius 2 is 2.50 bits per heavy atom. The monoisotopic (exact) mass is 224 g/mol. The van der Waals surface area contributed by atoms with E-state index in [9.17, 15) is 4.79 Å². The minimum atomic E-state index is -0.266. The number of nitrogens with two attached hydrogens (primary N) is 1. The Hall–Kier alpha value is -1.56. The van der Waals surface area contributed by atoms with E-state index < -0.39 is 0 Å². The van der Waals surface area contributed by atoms with Crippen molar-refractivity contribution in [2.45, 2.75) is 12.5 Å². The Balaban J connectivity index is 1.87. The van der Waals surface area contributed by atoms with Crippen molar-refractivity contribution < 1.29 is 9.53 Å². The van der Waals surface area contributed by atoms with Crippen molar-refractivity contribution in [1.82, 2.24) is 14.7 Å². The lowest BCUT2D eigenvalue weighted by atomic mass is 10.3. The summed E-state index contributed by atoms with van der Waals surface area (Å²) in [5.41, 5.74) is 6.56. The lowest BCUT2D eigenvalue weighted by Gasteiger charge is -2.12. The molecular formula is C10H16N4O2. The molecule has 1 atom stereocenters. The van der Waals surface area contributed by atoms with Crippen LogP contribution in [0.2, 0.25) is 0 Å². The molecule has 1 fully saturated rings. The van der Waals surface area contributed by atoms with E-state index in [1.165, 1.54) is 0 Å². The molecule has 0 aromatic carbocycles. The number of aryl methyl sites for hydroxylation is 1. The first kappa shape index (κ1) is 10.9. The summed E-state index contributed by atoms with van der Waals surface area (Å²) in [6, 6.07) is 1.95. The Bertz CT molecular complexity index is 377. The predicted molar refractivity (Wildman–Crippen MR) is 57.8 cm³/mol. The van der Waals surface area contributed by atoms with Crippen LogP contribution >= 0.6 is 0 Å². The highest BCUT2D eigenvalue weighted by Crippen LogP contribution is 2.11. The van der Waals surface area contributed by atoms with Gasteiger partial charge < -0.3 is 15.4 Å². The third-order valence-corrected chi connectivity index (χ3v) is 2.77. The number of hydrogen-bond acceptors (Lipinski definition) is 4. The van der Waals surface area contributed by atoms with Crippen molar-refractivity contribution in [2.75, 3.05) is 19.6 Å². The van der Waals surface area contributed by atoms with Crippen LogP contribution in [0.25, 0.3) is 0 Å². The summed E-state index contributed by atoms with van der Waals surface area (Å²) in [4.78, 5) is 13.1. The van der Waals surface area contributed by atoms with Crippen LogP contribution in [0.3, 0.4) is 0 Å². The minimum absolute atomic E-state index is 0.154. The van der Waals surface area contributed by atoms with Gasteiger partial charge in [0.2, 0.25) is 0 Å². The van der Waals surface area contributed by atoms with Gasteiger partial charge in [-0.2, -0.15) is 5.10 Å². The number of carbonyl (C=O) groups is 1. The van der Waals surface area contributed by atoms with Gasteiger partial charge in [-0.05, 0) is 6.07 Å². The highest BCUT2D eigenvalue weighted by Gasteiger charge is 2.29. The van der Waals surface area contributed by atoms with E-state index in [0.29, 0.717) is 19.6 Å². The van der Waals surface area contributed by atoms with E-state index in [2.05, 4.69) is 5.10 Å². The molecule has 6 heteroatoms. The molecule has 0 spiro atoms. The molecule has 0 aliphatic carbocycles. The molecule has 1 aliphatic rings. The first-order valence-electron chi connectivity index (χ1n) is 5.33. The lowest BCUT2D eigenvalue weighted by Crippen LogP contribution is -2.29. The van der Waals surface area contributed by atoms with Gasteiger partial charge in [-0.3, -0.25) is 4.68 Å². The van der Waals surface area contributed by atoms with Crippen LogP contribution in [0.1, 0.15) is 5.69 Å². The van der Waals surface area contributed by atoms with Gasteiger partial charge in [0.15, 0.2) is 0 Å². The molecule has 1 aliphatic heterocycles. The molecule has 2 rings (SSSR count). The van der Waals surface area contributed by atoms with E-state index in [0.717, 1.165) is 12.1 Å². The second-order valence-electron chi connectivity index (χ2n) is 3.88. The first-order chi connectivity index (χ1) is 7.70. The Kier molecular flexibility index (Phi) is 3.09. The summed E-state index contributed by atoms with van der Waals surface area (Å²) >= 11 is 0. The topological polar surface area (TPSA) is 73.4 Å². The van der Waals surface area contributed by atoms with E-state index in [4.69, 9.17) is 10.5 Å². The number of rotatable bonds is 4. The highest BCUT2D eigenvalue weighted by molar-refractivity contribution is 5.69. The number of carbonyl (C=O) groups excluding carboxylic acids is 1. The molecule has 0 bridgehead atoms. The molecule has 1 aromatic heterocycles. The van der Waals surface area contributed by atoms with E-state index >= 15 is 0 Å². The van der Waals surface area contributed by atoms with Gasteiger partial charge in [-0.15, -0.1) is 0 Å². The summed E-state index contributed by atoms with van der Waals surface area (Å²) in [5.74, 6) is 0. The minimum Gasteiger partial charge on any atom is -0.443 e. The maximum atomic E-state index is 11.4. The average Bonchev–Trinajstić information content (AvgIpc) is 2.82. The molecule has 16 heavy (non-hydrogen) atoms. The molecule has 1 unspecified atom stereocenters. The van der Waals surface area contributed by atoms with Crippen LogP contribution in [-0.2, 0) is 18.2 Å². The predicted octanol–water partition coefficient (Wildman–Crippen LogP) is -0.258. The van der Waals surface area contributed by atoms with E-state index in [1.54, 1.807) is 11.1 Å². The van der Waals surface area contributed by atoms with Gasteiger partial charge in [-0.25, -0.2) is 4.79 Å². The van der Waals surface area contributed by atoms with Crippen molar-refractivity contribution >= 4 is 6.09 Å². The summed E-state index contributed by atoms with van der Waals surface area (Å²) in [6.45, 7) is 1.62. The number of aromatic nitrogens is 2. The molecule has 1 saturated heterocycles. The summed E-state index contributed by atoms with van der Waals surface area (Å²) in [7, 11) is 1.89.